The van der Waals surface area contributed by atoms with Gasteiger partial charge >= 0.3 is 0 Å². The van der Waals surface area contributed by atoms with E-state index in [0.717, 1.165) is 23.2 Å². The third-order valence-corrected chi connectivity index (χ3v) is 4.30. The molecule has 1 aromatic rings. The number of aryl methyl sites for hydroxylation is 1. The van der Waals surface area contributed by atoms with Crippen LogP contribution in [0.3, 0.4) is 0 Å². The van der Waals surface area contributed by atoms with Gasteiger partial charge in [0.2, 0.25) is 0 Å². The largest absolute Gasteiger partial charge is 0.308 e. The van der Waals surface area contributed by atoms with Gasteiger partial charge in [0.05, 0.1) is 0 Å². The Balaban J connectivity index is 1.98. The van der Waals surface area contributed by atoms with Crippen LogP contribution in [0.25, 0.3) is 0 Å². The molecule has 0 spiro atoms. The van der Waals surface area contributed by atoms with Gasteiger partial charge in [-0.25, -0.2) is 15.8 Å². The van der Waals surface area contributed by atoms with Crippen molar-refractivity contribution in [3.8, 4) is 0 Å². The summed E-state index contributed by atoms with van der Waals surface area (Å²) in [6.07, 6.45) is 6.38. The van der Waals surface area contributed by atoms with Crippen LogP contribution >= 0.6 is 11.8 Å². The third-order valence-electron chi connectivity index (χ3n) is 3.15. The van der Waals surface area contributed by atoms with Crippen LogP contribution in [-0.4, -0.2) is 15.7 Å². The van der Waals surface area contributed by atoms with Gasteiger partial charge in [0.15, 0.2) is 0 Å². The summed E-state index contributed by atoms with van der Waals surface area (Å²) in [4.78, 5) is 8.81. The van der Waals surface area contributed by atoms with E-state index < -0.39 is 0 Å². The summed E-state index contributed by atoms with van der Waals surface area (Å²) in [5.41, 5.74) is 2.61. The summed E-state index contributed by atoms with van der Waals surface area (Å²) in [7, 11) is 0. The molecule has 1 heterocycles. The molecule has 1 saturated carbocycles. The number of hydrogen-bond donors (Lipinski definition) is 2. The number of hydrogen-bond acceptors (Lipinski definition) is 5. The molecule has 1 aliphatic carbocycles. The van der Waals surface area contributed by atoms with E-state index in [1.165, 1.54) is 31.4 Å². The fraction of sp³-hybridized carbons (Fsp3) is 0.667. The van der Waals surface area contributed by atoms with E-state index in [1.54, 1.807) is 0 Å². The first-order chi connectivity index (χ1) is 8.31. The Kier molecular flexibility index (Phi) is 4.62. The molecule has 17 heavy (non-hydrogen) atoms. The highest BCUT2D eigenvalue weighted by Crippen LogP contribution is 2.30. The van der Waals surface area contributed by atoms with Crippen LogP contribution in [0.15, 0.2) is 11.1 Å². The molecule has 0 aliphatic heterocycles. The normalized spacial score (nSPS) is 16.4. The third kappa shape index (κ3) is 3.57. The first kappa shape index (κ1) is 12.6. The van der Waals surface area contributed by atoms with Gasteiger partial charge in [0.25, 0.3) is 0 Å². The molecule has 0 saturated heterocycles. The maximum absolute atomic E-state index is 5.41. The van der Waals surface area contributed by atoms with Crippen LogP contribution in [0.5, 0.6) is 0 Å². The minimum absolute atomic E-state index is 0.714. The second kappa shape index (κ2) is 6.21. The summed E-state index contributed by atoms with van der Waals surface area (Å²) in [5, 5.41) is 1.04. The van der Waals surface area contributed by atoms with Crippen LogP contribution in [0, 0.1) is 5.92 Å². The maximum atomic E-state index is 5.41. The molecule has 0 unspecified atom stereocenters. The molecule has 1 aliphatic rings. The molecule has 4 nitrogen and oxygen atoms in total. The van der Waals surface area contributed by atoms with Crippen molar-refractivity contribution in [1.29, 1.82) is 0 Å². The van der Waals surface area contributed by atoms with Crippen molar-refractivity contribution in [3.63, 3.8) is 0 Å². The fourth-order valence-corrected chi connectivity index (χ4v) is 3.26. The Hall–Kier alpha value is -0.810. The zero-order chi connectivity index (χ0) is 12.1. The van der Waals surface area contributed by atoms with E-state index in [-0.39, 0.29) is 0 Å². The molecule has 0 atom stereocenters. The summed E-state index contributed by atoms with van der Waals surface area (Å²) in [5.74, 6) is 9.02. The van der Waals surface area contributed by atoms with E-state index in [1.807, 2.05) is 17.8 Å². The lowest BCUT2D eigenvalue weighted by atomic mass is 10.1. The average Bonchev–Trinajstić information content (AvgIpc) is 2.89. The highest BCUT2D eigenvalue weighted by Gasteiger charge is 2.15. The van der Waals surface area contributed by atoms with Crippen LogP contribution in [0.1, 0.15) is 38.4 Å². The first-order valence-electron chi connectivity index (χ1n) is 6.29. The zero-order valence-corrected chi connectivity index (χ0v) is 11.1. The van der Waals surface area contributed by atoms with E-state index in [9.17, 15) is 0 Å². The topological polar surface area (TPSA) is 63.8 Å². The number of thioether (sulfide) groups is 1. The average molecular weight is 252 g/mol. The quantitative estimate of drug-likeness (QED) is 0.365. The highest BCUT2D eigenvalue weighted by atomic mass is 32.2. The van der Waals surface area contributed by atoms with Crippen molar-refractivity contribution in [2.24, 2.45) is 11.8 Å². The molecule has 0 bridgehead atoms. The minimum atomic E-state index is 0.714. The van der Waals surface area contributed by atoms with Crippen molar-refractivity contribution in [1.82, 2.24) is 9.97 Å². The van der Waals surface area contributed by atoms with Gasteiger partial charge in [-0.3, -0.25) is 0 Å². The number of nitrogens with zero attached hydrogens (tertiary/aromatic N) is 2. The molecule has 1 aromatic heterocycles. The number of hydrazine groups is 1. The van der Waals surface area contributed by atoms with Gasteiger partial charge in [-0.05, 0) is 18.8 Å². The zero-order valence-electron chi connectivity index (χ0n) is 10.3. The van der Waals surface area contributed by atoms with E-state index in [0.29, 0.717) is 5.82 Å². The van der Waals surface area contributed by atoms with E-state index in [4.69, 9.17) is 5.84 Å². The molecule has 94 valence electrons. The van der Waals surface area contributed by atoms with Gasteiger partial charge in [-0.2, -0.15) is 0 Å². The molecule has 1 fully saturated rings. The number of anilines is 1. The predicted molar refractivity (Wildman–Crippen MR) is 71.9 cm³/mol. The lowest BCUT2D eigenvalue weighted by Crippen LogP contribution is -2.10. The molecule has 0 amide bonds. The van der Waals surface area contributed by atoms with Crippen LogP contribution < -0.4 is 11.3 Å². The summed E-state index contributed by atoms with van der Waals surface area (Å²) in [6, 6.07) is 1.93. The molecule has 0 radical (unpaired) electrons. The number of nitrogens with two attached hydrogens (primary N) is 1. The Morgan fingerprint density at radius 2 is 2.18 bits per heavy atom. The van der Waals surface area contributed by atoms with Gasteiger partial charge in [0.1, 0.15) is 16.7 Å². The lowest BCUT2D eigenvalue weighted by Gasteiger charge is -2.09. The molecule has 2 rings (SSSR count). The van der Waals surface area contributed by atoms with Crippen LogP contribution in [0.4, 0.5) is 5.82 Å². The SMILES string of the molecule is CCc1nc(NN)cc(SCC2CCCC2)n1. The van der Waals surface area contributed by atoms with Crippen molar-refractivity contribution >= 4 is 17.6 Å². The van der Waals surface area contributed by atoms with Gasteiger partial charge in [-0.15, -0.1) is 11.8 Å². The second-order valence-electron chi connectivity index (χ2n) is 4.47. The smallest absolute Gasteiger partial charge is 0.144 e. The van der Waals surface area contributed by atoms with Crippen LogP contribution in [0.2, 0.25) is 0 Å². The van der Waals surface area contributed by atoms with Crippen molar-refractivity contribution in [3.05, 3.63) is 11.9 Å². The molecular weight excluding hydrogens is 232 g/mol. The van der Waals surface area contributed by atoms with Gasteiger partial charge in [-0.1, -0.05) is 19.8 Å². The number of nitrogen functional groups attached to an aromatic ring is 1. The summed E-state index contributed by atoms with van der Waals surface area (Å²) in [6.45, 7) is 2.06. The summed E-state index contributed by atoms with van der Waals surface area (Å²) < 4.78 is 0. The van der Waals surface area contributed by atoms with E-state index in [2.05, 4.69) is 22.3 Å². The Morgan fingerprint density at radius 3 is 2.82 bits per heavy atom. The standard InChI is InChI=1S/C12H20N4S/c1-2-10-14-11(16-13)7-12(15-10)17-8-9-5-3-4-6-9/h7,9H,2-6,8,13H2,1H3,(H,14,15,16). The predicted octanol–water partition coefficient (Wildman–Crippen LogP) is 2.61. The molecule has 5 heteroatoms. The monoisotopic (exact) mass is 252 g/mol. The number of aromatic nitrogens is 2. The lowest BCUT2D eigenvalue weighted by molar-refractivity contribution is 0.622. The molecule has 0 aromatic carbocycles. The molecule has 3 N–H and O–H groups in total. The minimum Gasteiger partial charge on any atom is -0.308 e. The van der Waals surface area contributed by atoms with E-state index >= 15 is 0 Å². The highest BCUT2D eigenvalue weighted by molar-refractivity contribution is 7.99. The number of rotatable bonds is 5. The maximum Gasteiger partial charge on any atom is 0.144 e. The number of nitrogens with one attached hydrogen (secondary N) is 1. The fourth-order valence-electron chi connectivity index (χ4n) is 2.16. The summed E-state index contributed by atoms with van der Waals surface area (Å²) >= 11 is 1.83. The Bertz CT molecular complexity index is 341. The van der Waals surface area contributed by atoms with Gasteiger partial charge < -0.3 is 5.43 Å². The van der Waals surface area contributed by atoms with Crippen molar-refractivity contribution in [2.75, 3.05) is 11.2 Å². The van der Waals surface area contributed by atoms with Crippen LogP contribution in [-0.2, 0) is 6.42 Å². The Morgan fingerprint density at radius 1 is 1.41 bits per heavy atom. The second-order valence-corrected chi connectivity index (χ2v) is 5.51. The Labute approximate surface area is 107 Å². The molecular formula is C12H20N4S. The van der Waals surface area contributed by atoms with Crippen molar-refractivity contribution in [2.45, 2.75) is 44.1 Å². The van der Waals surface area contributed by atoms with Gasteiger partial charge in [0, 0.05) is 18.2 Å². The van der Waals surface area contributed by atoms with Crippen molar-refractivity contribution < 1.29 is 0 Å². The first-order valence-corrected chi connectivity index (χ1v) is 7.27.